The molecule has 0 unspecified atom stereocenters. The maximum atomic E-state index is 13.8. The molecule has 63 heavy (non-hydrogen) atoms. The Labute approximate surface area is 379 Å². The average Bonchev–Trinajstić information content (AvgIpc) is 3.21. The summed E-state index contributed by atoms with van der Waals surface area (Å²) in [4.78, 5) is 54.0. The van der Waals surface area contributed by atoms with E-state index in [0.29, 0.717) is 53.4 Å². The van der Waals surface area contributed by atoms with Crippen molar-refractivity contribution < 1.29 is 28.7 Å². The van der Waals surface area contributed by atoms with Crippen LogP contribution in [0.2, 0.25) is 23.2 Å². The topological polar surface area (TPSA) is 146 Å². The van der Waals surface area contributed by atoms with Crippen LogP contribution in [0.1, 0.15) is 116 Å². The van der Waals surface area contributed by atoms with Crippen LogP contribution in [0.5, 0.6) is 0 Å². The van der Waals surface area contributed by atoms with Crippen molar-refractivity contribution in [2.45, 2.75) is 136 Å². The van der Waals surface area contributed by atoms with E-state index in [1.807, 2.05) is 71.0 Å². The standard InChI is InChI=1S/C49H65ClN6O6Si/c1-31-27-42(52-43-30-55(24-23-36(31)43)34-18-20-35(57)21-19-34)46(59)54-40-16-12-14-38(44(40)50)37-13-11-15-39(32(37)2)53-45(58)41-22-17-33(28-51-41)29-56(47(60)62-48(3,4)5)25-26-61-63(9,10)49(6,7)8/h11-17,22,27-28,34-35,57H,18-21,23-26,29-30H2,1-10H3,(H,53,58)(H,54,59). The second-order valence-electron chi connectivity index (χ2n) is 19.5. The third kappa shape index (κ3) is 11.9. The number of nitrogens with one attached hydrogen (secondary N) is 2. The normalized spacial score (nSPS) is 17.1. The van der Waals surface area contributed by atoms with E-state index in [0.717, 1.165) is 66.6 Å². The van der Waals surface area contributed by atoms with E-state index in [2.05, 4.69) is 54.4 Å². The maximum absolute atomic E-state index is 13.8. The third-order valence-electron chi connectivity index (χ3n) is 12.7. The van der Waals surface area contributed by atoms with Gasteiger partial charge in [-0.2, -0.15) is 0 Å². The molecule has 0 atom stereocenters. The molecule has 338 valence electrons. The number of aryl methyl sites for hydroxylation is 1. The maximum Gasteiger partial charge on any atom is 0.410 e. The fraction of sp³-hybridized carbons (Fsp3) is 0.490. The summed E-state index contributed by atoms with van der Waals surface area (Å²) in [5.74, 6) is -0.739. The van der Waals surface area contributed by atoms with Crippen LogP contribution in [0.3, 0.4) is 0 Å². The molecule has 1 saturated carbocycles. The third-order valence-corrected chi connectivity index (χ3v) is 17.6. The first-order valence-electron chi connectivity index (χ1n) is 22.1. The van der Waals surface area contributed by atoms with E-state index >= 15 is 0 Å². The Hall–Kier alpha value is -4.66. The number of hydrogen-bond donors (Lipinski definition) is 3. The molecule has 14 heteroatoms. The van der Waals surface area contributed by atoms with E-state index < -0.39 is 25.9 Å². The predicted octanol–water partition coefficient (Wildman–Crippen LogP) is 10.3. The lowest BCUT2D eigenvalue weighted by molar-refractivity contribution is 0.0205. The number of ether oxygens (including phenoxy) is 1. The smallest absolute Gasteiger partial charge is 0.410 e. The Bertz CT molecular complexity index is 2300. The van der Waals surface area contributed by atoms with Crippen LogP contribution < -0.4 is 10.6 Å². The number of fused-ring (bicyclic) bond motifs is 1. The monoisotopic (exact) mass is 896 g/mol. The minimum absolute atomic E-state index is 0.0354. The van der Waals surface area contributed by atoms with Gasteiger partial charge in [0.05, 0.1) is 35.7 Å². The Kier molecular flexibility index (Phi) is 14.9. The van der Waals surface area contributed by atoms with Crippen LogP contribution in [-0.2, 0) is 28.7 Å². The Balaban J connectivity index is 1.12. The molecule has 0 radical (unpaired) electrons. The summed E-state index contributed by atoms with van der Waals surface area (Å²) in [6.07, 6.45) is 5.42. The highest BCUT2D eigenvalue weighted by molar-refractivity contribution is 6.74. The van der Waals surface area contributed by atoms with Crippen LogP contribution in [0, 0.1) is 13.8 Å². The van der Waals surface area contributed by atoms with Gasteiger partial charge in [-0.15, -0.1) is 0 Å². The Morgan fingerprint density at radius 3 is 2.21 bits per heavy atom. The number of halogens is 1. The second-order valence-corrected chi connectivity index (χ2v) is 24.7. The minimum Gasteiger partial charge on any atom is -0.444 e. The molecule has 12 nitrogen and oxygen atoms in total. The molecule has 3 amide bonds. The first-order chi connectivity index (χ1) is 29.6. The van der Waals surface area contributed by atoms with Crippen molar-refractivity contribution in [2.75, 3.05) is 30.3 Å². The van der Waals surface area contributed by atoms with Crippen LogP contribution >= 0.6 is 11.6 Å². The highest BCUT2D eigenvalue weighted by Crippen LogP contribution is 2.39. The van der Waals surface area contributed by atoms with Gasteiger partial charge in [-0.1, -0.05) is 62.7 Å². The molecule has 0 spiro atoms. The van der Waals surface area contributed by atoms with Gasteiger partial charge in [0, 0.05) is 43.1 Å². The van der Waals surface area contributed by atoms with E-state index in [4.69, 9.17) is 25.7 Å². The Morgan fingerprint density at radius 2 is 1.56 bits per heavy atom. The summed E-state index contributed by atoms with van der Waals surface area (Å²) in [5, 5.41) is 16.4. The highest BCUT2D eigenvalue weighted by Gasteiger charge is 2.37. The molecule has 3 N–H and O–H groups in total. The summed E-state index contributed by atoms with van der Waals surface area (Å²) < 4.78 is 12.1. The van der Waals surface area contributed by atoms with Crippen LogP contribution in [0.25, 0.3) is 11.1 Å². The van der Waals surface area contributed by atoms with E-state index in [1.54, 1.807) is 29.3 Å². The molecule has 1 aliphatic heterocycles. The van der Waals surface area contributed by atoms with Crippen molar-refractivity contribution in [3.8, 4) is 11.1 Å². The molecule has 1 aliphatic carbocycles. The fourth-order valence-electron chi connectivity index (χ4n) is 7.95. The molecule has 2 aliphatic rings. The number of aliphatic hydroxyl groups excluding tert-OH is 1. The van der Waals surface area contributed by atoms with Gasteiger partial charge in [-0.3, -0.25) is 19.5 Å². The van der Waals surface area contributed by atoms with Crippen molar-refractivity contribution in [3.05, 3.63) is 105 Å². The number of carbonyl (C=O) groups is 3. The summed E-state index contributed by atoms with van der Waals surface area (Å²) in [5.41, 5.74) is 7.10. The van der Waals surface area contributed by atoms with Gasteiger partial charge in [0.25, 0.3) is 11.8 Å². The number of amides is 3. The van der Waals surface area contributed by atoms with Gasteiger partial charge in [0.1, 0.15) is 17.0 Å². The van der Waals surface area contributed by atoms with Crippen LogP contribution in [0.15, 0.2) is 60.8 Å². The summed E-state index contributed by atoms with van der Waals surface area (Å²) in [7, 11) is -2.03. The van der Waals surface area contributed by atoms with Crippen molar-refractivity contribution in [1.29, 1.82) is 0 Å². The molecule has 1 fully saturated rings. The number of hydrogen-bond acceptors (Lipinski definition) is 9. The summed E-state index contributed by atoms with van der Waals surface area (Å²) >= 11 is 7.04. The molecule has 2 aromatic heterocycles. The SMILES string of the molecule is Cc1cc(C(=O)Nc2cccc(-c3cccc(NC(=O)c4ccc(CN(CCO[Si](C)(C)C(C)(C)C)C(=O)OC(C)(C)C)cn4)c3C)c2Cl)nc2c1CCN(C1CCC(O)CC1)C2. The van der Waals surface area contributed by atoms with Gasteiger partial charge in [0.15, 0.2) is 8.32 Å². The molecule has 6 rings (SSSR count). The summed E-state index contributed by atoms with van der Waals surface area (Å²) in [6.45, 7) is 22.9. The average molecular weight is 898 g/mol. The Morgan fingerprint density at radius 1 is 0.905 bits per heavy atom. The zero-order chi connectivity index (χ0) is 45.9. The molecule has 3 heterocycles. The van der Waals surface area contributed by atoms with Gasteiger partial charge < -0.3 is 29.8 Å². The molecular formula is C49H65ClN6O6Si. The summed E-state index contributed by atoms with van der Waals surface area (Å²) in [6, 6.07) is 16.8. The number of benzene rings is 2. The highest BCUT2D eigenvalue weighted by atomic mass is 35.5. The number of carbonyl (C=O) groups excluding carboxylic acids is 3. The number of aliphatic hydroxyl groups is 1. The van der Waals surface area contributed by atoms with Crippen molar-refractivity contribution in [1.82, 2.24) is 19.8 Å². The lowest BCUT2D eigenvalue weighted by atomic mass is 9.90. The largest absolute Gasteiger partial charge is 0.444 e. The number of anilines is 2. The van der Waals surface area contributed by atoms with E-state index in [9.17, 15) is 19.5 Å². The molecule has 4 aromatic rings. The molecule has 2 aromatic carbocycles. The fourth-order valence-corrected chi connectivity index (χ4v) is 9.26. The predicted molar refractivity (Wildman–Crippen MR) is 253 cm³/mol. The lowest BCUT2D eigenvalue weighted by Gasteiger charge is -2.38. The number of pyridine rings is 2. The molecular weight excluding hydrogens is 832 g/mol. The van der Waals surface area contributed by atoms with Crippen LogP contribution in [0.4, 0.5) is 16.2 Å². The van der Waals surface area contributed by atoms with Crippen molar-refractivity contribution in [3.63, 3.8) is 0 Å². The van der Waals surface area contributed by atoms with E-state index in [1.165, 1.54) is 5.56 Å². The van der Waals surface area contributed by atoms with Gasteiger partial charge >= 0.3 is 6.09 Å². The van der Waals surface area contributed by atoms with Crippen molar-refractivity contribution in [2.24, 2.45) is 0 Å². The zero-order valence-electron chi connectivity index (χ0n) is 38.7. The van der Waals surface area contributed by atoms with Gasteiger partial charge in [-0.05, 0) is 137 Å². The lowest BCUT2D eigenvalue weighted by Crippen LogP contribution is -2.44. The van der Waals surface area contributed by atoms with Crippen LogP contribution in [-0.4, -0.2) is 88.5 Å². The second kappa shape index (κ2) is 19.6. The quantitative estimate of drug-likeness (QED) is 0.118. The van der Waals surface area contributed by atoms with Gasteiger partial charge in [-0.25, -0.2) is 9.78 Å². The first kappa shape index (κ1) is 47.8. The first-order valence-corrected chi connectivity index (χ1v) is 25.4. The molecule has 0 bridgehead atoms. The van der Waals surface area contributed by atoms with Crippen molar-refractivity contribution >= 4 is 49.2 Å². The molecule has 0 saturated heterocycles. The zero-order valence-corrected chi connectivity index (χ0v) is 40.4. The van der Waals surface area contributed by atoms with E-state index in [-0.39, 0.29) is 29.3 Å². The number of aromatic nitrogens is 2. The number of rotatable bonds is 12. The van der Waals surface area contributed by atoms with Gasteiger partial charge in [0.2, 0.25) is 0 Å². The minimum atomic E-state index is -2.03. The number of nitrogens with zero attached hydrogens (tertiary/aromatic N) is 4.